The van der Waals surface area contributed by atoms with E-state index in [1.807, 2.05) is 0 Å². The Hall–Kier alpha value is -0.550. The van der Waals surface area contributed by atoms with E-state index in [1.54, 1.807) is 26.0 Å². The molecule has 88 valence electrons. The van der Waals surface area contributed by atoms with Crippen LogP contribution in [0, 0.1) is 13.8 Å². The zero-order valence-electron chi connectivity index (χ0n) is 8.49. The molecule has 0 aromatic heterocycles. The van der Waals surface area contributed by atoms with E-state index in [2.05, 4.69) is 20.9 Å². The Balaban J connectivity index is 3.26. The van der Waals surface area contributed by atoms with Crippen LogP contribution in [0.25, 0.3) is 0 Å². The van der Waals surface area contributed by atoms with Gasteiger partial charge in [0.25, 0.3) is 0 Å². The number of halogens is 5. The van der Waals surface area contributed by atoms with Crippen LogP contribution in [0.1, 0.15) is 11.1 Å². The molecular formula is C10H8BrClF3N. The molecule has 0 saturated carbocycles. The minimum absolute atomic E-state index is 0.255. The molecule has 0 amide bonds. The number of hydrogen-bond donors (Lipinski definition) is 0. The minimum Gasteiger partial charge on any atom is -0.232 e. The van der Waals surface area contributed by atoms with Crippen molar-refractivity contribution in [2.24, 2.45) is 4.99 Å². The maximum Gasteiger partial charge on any atom is 0.444 e. The number of aryl methyl sites for hydroxylation is 2. The standard InChI is InChI=1S/C10H8BrClF3N/c1-5-3-7(11)4-6(2)8(5)16-9(12)10(13,14)15/h3-4H,1-2H3. The third-order valence-corrected chi connectivity index (χ3v) is 2.66. The van der Waals surface area contributed by atoms with Gasteiger partial charge in [-0.15, -0.1) is 0 Å². The van der Waals surface area contributed by atoms with Crippen molar-refractivity contribution >= 4 is 38.4 Å². The second-order valence-corrected chi connectivity index (χ2v) is 4.56. The number of nitrogens with zero attached hydrogens (tertiary/aromatic N) is 1. The molecule has 0 aliphatic rings. The summed E-state index contributed by atoms with van der Waals surface area (Å²) in [5.41, 5.74) is 1.52. The van der Waals surface area contributed by atoms with Crippen molar-refractivity contribution in [3.63, 3.8) is 0 Å². The highest BCUT2D eigenvalue weighted by Crippen LogP contribution is 2.30. The molecule has 0 spiro atoms. The smallest absolute Gasteiger partial charge is 0.232 e. The van der Waals surface area contributed by atoms with E-state index in [-0.39, 0.29) is 5.69 Å². The van der Waals surface area contributed by atoms with Gasteiger partial charge in [-0.1, -0.05) is 27.5 Å². The molecule has 0 saturated heterocycles. The van der Waals surface area contributed by atoms with E-state index in [0.29, 0.717) is 11.1 Å². The average molecular weight is 315 g/mol. The van der Waals surface area contributed by atoms with Crippen LogP contribution in [0.2, 0.25) is 0 Å². The molecule has 0 N–H and O–H groups in total. The van der Waals surface area contributed by atoms with Gasteiger partial charge in [0.05, 0.1) is 5.69 Å². The molecule has 1 aromatic carbocycles. The third-order valence-electron chi connectivity index (χ3n) is 1.90. The van der Waals surface area contributed by atoms with Gasteiger partial charge in [-0.3, -0.25) is 0 Å². The fraction of sp³-hybridized carbons (Fsp3) is 0.300. The molecule has 0 aliphatic carbocycles. The second kappa shape index (κ2) is 4.75. The second-order valence-electron chi connectivity index (χ2n) is 3.29. The summed E-state index contributed by atoms with van der Waals surface area (Å²) in [6.07, 6.45) is -4.60. The van der Waals surface area contributed by atoms with E-state index in [9.17, 15) is 13.2 Å². The first-order valence-corrected chi connectivity index (χ1v) is 5.47. The lowest BCUT2D eigenvalue weighted by Gasteiger charge is -2.08. The van der Waals surface area contributed by atoms with E-state index < -0.39 is 11.3 Å². The van der Waals surface area contributed by atoms with Crippen LogP contribution in [0.3, 0.4) is 0 Å². The Morgan fingerprint density at radius 1 is 1.25 bits per heavy atom. The lowest BCUT2D eigenvalue weighted by atomic mass is 10.1. The summed E-state index contributed by atoms with van der Waals surface area (Å²) in [5, 5.41) is -1.36. The van der Waals surface area contributed by atoms with Gasteiger partial charge in [0.15, 0.2) is 0 Å². The molecule has 1 rings (SSSR count). The van der Waals surface area contributed by atoms with Crippen molar-refractivity contribution in [2.45, 2.75) is 20.0 Å². The summed E-state index contributed by atoms with van der Waals surface area (Å²) in [6, 6.07) is 3.37. The largest absolute Gasteiger partial charge is 0.444 e. The maximum absolute atomic E-state index is 12.2. The highest BCUT2D eigenvalue weighted by Gasteiger charge is 2.34. The Bertz CT molecular complexity index is 417. The Morgan fingerprint density at radius 3 is 2.06 bits per heavy atom. The first-order chi connectivity index (χ1) is 7.21. The Kier molecular flexibility index (Phi) is 4.02. The normalized spacial score (nSPS) is 13.1. The number of benzene rings is 1. The van der Waals surface area contributed by atoms with Crippen LogP contribution in [0.5, 0.6) is 0 Å². The van der Waals surface area contributed by atoms with Gasteiger partial charge in [-0.05, 0) is 37.1 Å². The van der Waals surface area contributed by atoms with Gasteiger partial charge in [-0.25, -0.2) is 4.99 Å². The lowest BCUT2D eigenvalue weighted by molar-refractivity contribution is -0.0558. The Morgan fingerprint density at radius 2 is 1.69 bits per heavy atom. The zero-order chi connectivity index (χ0) is 12.5. The van der Waals surface area contributed by atoms with Crippen molar-refractivity contribution < 1.29 is 13.2 Å². The summed E-state index contributed by atoms with van der Waals surface area (Å²) in [5.74, 6) is 0. The van der Waals surface area contributed by atoms with Gasteiger partial charge in [0, 0.05) is 4.47 Å². The molecule has 0 atom stereocenters. The molecule has 0 radical (unpaired) electrons. The quantitative estimate of drug-likeness (QED) is 0.654. The van der Waals surface area contributed by atoms with Gasteiger partial charge < -0.3 is 0 Å². The number of alkyl halides is 3. The molecule has 16 heavy (non-hydrogen) atoms. The summed E-state index contributed by atoms with van der Waals surface area (Å²) in [4.78, 5) is 3.41. The van der Waals surface area contributed by atoms with Gasteiger partial charge in [-0.2, -0.15) is 13.2 Å². The van der Waals surface area contributed by atoms with E-state index >= 15 is 0 Å². The monoisotopic (exact) mass is 313 g/mol. The predicted octanol–water partition coefficient (Wildman–Crippen LogP) is 4.90. The summed E-state index contributed by atoms with van der Waals surface area (Å²) in [6.45, 7) is 3.36. The van der Waals surface area contributed by atoms with Crippen LogP contribution in [0.15, 0.2) is 21.6 Å². The van der Waals surface area contributed by atoms with Crippen molar-refractivity contribution in [1.29, 1.82) is 0 Å². The fourth-order valence-corrected chi connectivity index (χ4v) is 2.01. The van der Waals surface area contributed by atoms with Crippen molar-refractivity contribution in [2.75, 3.05) is 0 Å². The molecule has 0 bridgehead atoms. The molecule has 6 heteroatoms. The van der Waals surface area contributed by atoms with Gasteiger partial charge >= 0.3 is 6.18 Å². The topological polar surface area (TPSA) is 12.4 Å². The first-order valence-electron chi connectivity index (χ1n) is 4.30. The first kappa shape index (κ1) is 13.5. The summed E-state index contributed by atoms with van der Waals surface area (Å²) in [7, 11) is 0. The highest BCUT2D eigenvalue weighted by molar-refractivity contribution is 9.10. The van der Waals surface area contributed by atoms with Crippen molar-refractivity contribution in [1.82, 2.24) is 0 Å². The fourth-order valence-electron chi connectivity index (χ4n) is 1.24. The molecule has 0 heterocycles. The average Bonchev–Trinajstić information content (AvgIpc) is 2.08. The number of hydrogen-bond acceptors (Lipinski definition) is 1. The number of rotatable bonds is 1. The summed E-state index contributed by atoms with van der Waals surface area (Å²) >= 11 is 8.34. The summed E-state index contributed by atoms with van der Waals surface area (Å²) < 4.78 is 37.4. The SMILES string of the molecule is Cc1cc(Br)cc(C)c1N=C(Cl)C(F)(F)F. The minimum atomic E-state index is -4.60. The Labute approximate surface area is 104 Å². The van der Waals surface area contributed by atoms with Crippen LogP contribution < -0.4 is 0 Å². The van der Waals surface area contributed by atoms with Crippen LogP contribution >= 0.6 is 27.5 Å². The molecule has 1 aromatic rings. The van der Waals surface area contributed by atoms with Gasteiger partial charge in [0.2, 0.25) is 5.17 Å². The van der Waals surface area contributed by atoms with Crippen molar-refractivity contribution in [3.05, 3.63) is 27.7 Å². The maximum atomic E-state index is 12.2. The molecular weight excluding hydrogens is 306 g/mol. The number of aliphatic imine (C=N–C) groups is 1. The molecule has 1 nitrogen and oxygen atoms in total. The molecule has 0 aliphatic heterocycles. The van der Waals surface area contributed by atoms with Crippen LogP contribution in [-0.2, 0) is 0 Å². The van der Waals surface area contributed by atoms with E-state index in [1.165, 1.54) is 0 Å². The van der Waals surface area contributed by atoms with E-state index in [0.717, 1.165) is 4.47 Å². The third kappa shape index (κ3) is 3.22. The lowest BCUT2D eigenvalue weighted by Crippen LogP contribution is -2.16. The van der Waals surface area contributed by atoms with Gasteiger partial charge in [0.1, 0.15) is 0 Å². The van der Waals surface area contributed by atoms with E-state index in [4.69, 9.17) is 11.6 Å². The van der Waals surface area contributed by atoms with Crippen molar-refractivity contribution in [3.8, 4) is 0 Å². The van der Waals surface area contributed by atoms with Crippen LogP contribution in [0.4, 0.5) is 18.9 Å². The zero-order valence-corrected chi connectivity index (χ0v) is 10.8. The molecule has 0 unspecified atom stereocenters. The van der Waals surface area contributed by atoms with Crippen LogP contribution in [-0.4, -0.2) is 11.3 Å². The highest BCUT2D eigenvalue weighted by atomic mass is 79.9. The predicted molar refractivity (Wildman–Crippen MR) is 62.6 cm³/mol. The molecule has 0 fully saturated rings.